The van der Waals surface area contributed by atoms with E-state index in [1.54, 1.807) is 19.1 Å². The minimum atomic E-state index is -0.204. The highest BCUT2D eigenvalue weighted by Crippen LogP contribution is 2.49. The van der Waals surface area contributed by atoms with Gasteiger partial charge in [0.15, 0.2) is 5.78 Å². The van der Waals surface area contributed by atoms with Crippen LogP contribution in [0.2, 0.25) is 0 Å². The summed E-state index contributed by atoms with van der Waals surface area (Å²) in [4.78, 5) is 11.7. The average Bonchev–Trinajstić information content (AvgIpc) is 3.03. The summed E-state index contributed by atoms with van der Waals surface area (Å²) in [5.41, 5.74) is 3.93. The van der Waals surface area contributed by atoms with Crippen LogP contribution in [0.4, 0.5) is 10.1 Å². The first-order valence-corrected chi connectivity index (χ1v) is 7.97. The number of carbonyl (C=O) groups excluding carboxylic acids is 1. The van der Waals surface area contributed by atoms with Gasteiger partial charge >= 0.3 is 0 Å². The first-order valence-electron chi connectivity index (χ1n) is 7.97. The molecule has 0 unspecified atom stereocenters. The highest BCUT2D eigenvalue weighted by molar-refractivity contribution is 5.95. The number of ketones is 1. The number of Topliss-reactive ketones (excluding diaryl/α,β-unsaturated/α-hetero) is 1. The molecule has 1 aliphatic heterocycles. The van der Waals surface area contributed by atoms with Gasteiger partial charge in [0.2, 0.25) is 0 Å². The van der Waals surface area contributed by atoms with Crippen molar-refractivity contribution < 1.29 is 9.18 Å². The topological polar surface area (TPSA) is 29.1 Å². The van der Waals surface area contributed by atoms with Gasteiger partial charge in [0.05, 0.1) is 6.04 Å². The number of allylic oxidation sites excluding steroid dienone is 2. The van der Waals surface area contributed by atoms with E-state index >= 15 is 0 Å². The van der Waals surface area contributed by atoms with Gasteiger partial charge in [0.25, 0.3) is 0 Å². The monoisotopic (exact) mass is 307 g/mol. The largest absolute Gasteiger partial charge is 0.378 e. The molecular formula is C20H18FNO. The van der Waals surface area contributed by atoms with Crippen LogP contribution in [0.1, 0.15) is 46.8 Å². The fourth-order valence-corrected chi connectivity index (χ4v) is 3.84. The zero-order valence-corrected chi connectivity index (χ0v) is 12.9. The average molecular weight is 307 g/mol. The highest BCUT2D eigenvalue weighted by atomic mass is 19.1. The van der Waals surface area contributed by atoms with Crippen molar-refractivity contribution in [3.63, 3.8) is 0 Å². The van der Waals surface area contributed by atoms with E-state index in [1.165, 1.54) is 11.6 Å². The third-order valence-electron chi connectivity index (χ3n) is 4.98. The molecule has 0 fully saturated rings. The highest BCUT2D eigenvalue weighted by Gasteiger charge is 2.38. The molecule has 1 heterocycles. The molecule has 0 saturated heterocycles. The molecule has 1 N–H and O–H groups in total. The SMILES string of the molecule is CC(=O)c1ccc2c(c1)[C@@H]1C=CC[C@@H]1[C@H](c1cccc(F)c1)N2. The lowest BCUT2D eigenvalue weighted by Crippen LogP contribution is -2.29. The Kier molecular flexibility index (Phi) is 3.29. The van der Waals surface area contributed by atoms with Crippen LogP contribution in [-0.4, -0.2) is 5.78 Å². The second-order valence-corrected chi connectivity index (χ2v) is 6.39. The van der Waals surface area contributed by atoms with Crippen molar-refractivity contribution in [2.24, 2.45) is 5.92 Å². The molecule has 0 spiro atoms. The lowest BCUT2D eigenvalue weighted by Gasteiger charge is -2.37. The van der Waals surface area contributed by atoms with Gasteiger partial charge in [-0.25, -0.2) is 4.39 Å². The molecule has 4 rings (SSSR count). The van der Waals surface area contributed by atoms with E-state index in [2.05, 4.69) is 17.5 Å². The molecule has 0 saturated carbocycles. The molecule has 3 heteroatoms. The quantitative estimate of drug-likeness (QED) is 0.634. The van der Waals surface area contributed by atoms with Crippen molar-refractivity contribution in [2.45, 2.75) is 25.3 Å². The maximum absolute atomic E-state index is 13.6. The van der Waals surface area contributed by atoms with Gasteiger partial charge in [-0.05, 0) is 60.7 Å². The third kappa shape index (κ3) is 2.37. The molecule has 116 valence electrons. The predicted octanol–water partition coefficient (Wildman–Crippen LogP) is 4.85. The second-order valence-electron chi connectivity index (χ2n) is 6.39. The molecule has 3 atom stereocenters. The van der Waals surface area contributed by atoms with E-state index in [-0.39, 0.29) is 23.6 Å². The first kappa shape index (κ1) is 14.2. The number of benzene rings is 2. The van der Waals surface area contributed by atoms with E-state index in [1.807, 2.05) is 24.3 Å². The molecule has 0 amide bonds. The summed E-state index contributed by atoms with van der Waals surface area (Å²) in [7, 11) is 0. The Bertz CT molecular complexity index is 811. The minimum absolute atomic E-state index is 0.0820. The fourth-order valence-electron chi connectivity index (χ4n) is 3.84. The Labute approximate surface area is 135 Å². The van der Waals surface area contributed by atoms with Gasteiger partial charge in [0.1, 0.15) is 5.82 Å². The smallest absolute Gasteiger partial charge is 0.159 e. The lowest BCUT2D eigenvalue weighted by molar-refractivity contribution is 0.101. The zero-order chi connectivity index (χ0) is 16.0. The molecule has 2 aromatic rings. The number of anilines is 1. The van der Waals surface area contributed by atoms with Crippen LogP contribution in [0.3, 0.4) is 0 Å². The number of fused-ring (bicyclic) bond motifs is 3. The zero-order valence-electron chi connectivity index (χ0n) is 12.9. The van der Waals surface area contributed by atoms with Crippen molar-refractivity contribution in [3.05, 3.63) is 77.1 Å². The van der Waals surface area contributed by atoms with Crippen LogP contribution in [0.5, 0.6) is 0 Å². The van der Waals surface area contributed by atoms with Crippen LogP contribution in [0, 0.1) is 11.7 Å². The Hall–Kier alpha value is -2.42. The van der Waals surface area contributed by atoms with E-state index in [9.17, 15) is 9.18 Å². The lowest BCUT2D eigenvalue weighted by atomic mass is 9.76. The van der Waals surface area contributed by atoms with E-state index in [0.29, 0.717) is 5.92 Å². The minimum Gasteiger partial charge on any atom is -0.378 e. The van der Waals surface area contributed by atoms with Crippen molar-refractivity contribution in [2.75, 3.05) is 5.32 Å². The molecule has 2 aromatic carbocycles. The fraction of sp³-hybridized carbons (Fsp3) is 0.250. The number of carbonyl (C=O) groups is 1. The van der Waals surface area contributed by atoms with Crippen molar-refractivity contribution in [1.29, 1.82) is 0 Å². The van der Waals surface area contributed by atoms with Crippen LogP contribution in [0.15, 0.2) is 54.6 Å². The summed E-state index contributed by atoms with van der Waals surface area (Å²) in [6.45, 7) is 1.59. The number of hydrogen-bond acceptors (Lipinski definition) is 2. The summed E-state index contributed by atoms with van der Waals surface area (Å²) < 4.78 is 13.6. The third-order valence-corrected chi connectivity index (χ3v) is 4.98. The molecular weight excluding hydrogens is 289 g/mol. The Morgan fingerprint density at radius 1 is 1.22 bits per heavy atom. The molecule has 23 heavy (non-hydrogen) atoms. The van der Waals surface area contributed by atoms with Crippen molar-refractivity contribution in [3.8, 4) is 0 Å². The maximum atomic E-state index is 13.6. The first-order chi connectivity index (χ1) is 11.1. The van der Waals surface area contributed by atoms with Crippen LogP contribution < -0.4 is 5.32 Å². The normalized spacial score (nSPS) is 24.7. The predicted molar refractivity (Wildman–Crippen MR) is 89.2 cm³/mol. The van der Waals surface area contributed by atoms with Gasteiger partial charge in [-0.1, -0.05) is 24.3 Å². The van der Waals surface area contributed by atoms with Crippen molar-refractivity contribution in [1.82, 2.24) is 0 Å². The van der Waals surface area contributed by atoms with Crippen LogP contribution in [0.25, 0.3) is 0 Å². The molecule has 1 aliphatic carbocycles. The summed E-state index contributed by atoms with van der Waals surface area (Å²) in [6, 6.07) is 12.7. The van der Waals surface area contributed by atoms with Crippen LogP contribution in [-0.2, 0) is 0 Å². The van der Waals surface area contributed by atoms with E-state index in [0.717, 1.165) is 23.2 Å². The number of rotatable bonds is 2. The van der Waals surface area contributed by atoms with Gasteiger partial charge in [-0.3, -0.25) is 4.79 Å². The molecule has 0 aromatic heterocycles. The standard InChI is InChI=1S/C20H18FNO/c1-12(23)13-8-9-19-18(11-13)16-6-3-7-17(16)20(22-19)14-4-2-5-15(21)10-14/h2-6,8-11,16-17,20,22H,7H2,1H3/t16-,17+,20+/m1/s1. The maximum Gasteiger partial charge on any atom is 0.159 e. The molecule has 2 nitrogen and oxygen atoms in total. The summed E-state index contributed by atoms with van der Waals surface area (Å²) in [5, 5.41) is 3.56. The van der Waals surface area contributed by atoms with Crippen LogP contribution >= 0.6 is 0 Å². The Morgan fingerprint density at radius 2 is 2.09 bits per heavy atom. The molecule has 2 aliphatic rings. The number of nitrogens with one attached hydrogen (secondary N) is 1. The Morgan fingerprint density at radius 3 is 2.87 bits per heavy atom. The molecule has 0 bridgehead atoms. The van der Waals surface area contributed by atoms with E-state index in [4.69, 9.17) is 0 Å². The second kappa shape index (κ2) is 5.34. The van der Waals surface area contributed by atoms with Gasteiger partial charge < -0.3 is 5.32 Å². The van der Waals surface area contributed by atoms with E-state index < -0.39 is 0 Å². The Balaban J connectivity index is 1.79. The number of hydrogen-bond donors (Lipinski definition) is 1. The summed E-state index contributed by atoms with van der Waals surface area (Å²) >= 11 is 0. The number of halogens is 1. The van der Waals surface area contributed by atoms with Crippen molar-refractivity contribution >= 4 is 11.5 Å². The van der Waals surface area contributed by atoms with Gasteiger partial charge in [-0.15, -0.1) is 0 Å². The summed E-state index contributed by atoms with van der Waals surface area (Å²) in [5.74, 6) is 0.508. The summed E-state index contributed by atoms with van der Waals surface area (Å²) in [6.07, 6.45) is 5.38. The van der Waals surface area contributed by atoms with Gasteiger partial charge in [-0.2, -0.15) is 0 Å². The molecule has 0 radical (unpaired) electrons. The van der Waals surface area contributed by atoms with Gasteiger partial charge in [0, 0.05) is 17.2 Å².